The summed E-state index contributed by atoms with van der Waals surface area (Å²) < 4.78 is 9.43. The maximum atomic E-state index is 11.4. The van der Waals surface area contributed by atoms with Gasteiger partial charge in [-0.1, -0.05) is 0 Å². The van der Waals surface area contributed by atoms with Crippen molar-refractivity contribution in [3.8, 4) is 5.75 Å². The number of amides is 1. The first-order chi connectivity index (χ1) is 8.90. The number of anilines is 1. The Bertz CT molecular complexity index is 540. The first-order valence-corrected chi connectivity index (χ1v) is 5.13. The second-order valence-corrected chi connectivity index (χ2v) is 3.50. The molecule has 0 bridgehead atoms. The lowest BCUT2D eigenvalue weighted by atomic mass is 10.1. The minimum atomic E-state index is -0.740. The molecule has 1 aromatic rings. The number of carbonyl (C=O) groups excluding carboxylic acids is 2. The molecule has 0 spiro atoms. The molecule has 0 aliphatic rings. The average molecular weight is 268 g/mol. The number of benzene rings is 1. The lowest BCUT2D eigenvalue weighted by molar-refractivity contribution is -0.384. The molecule has 1 aromatic carbocycles. The van der Waals surface area contributed by atoms with Crippen molar-refractivity contribution < 1.29 is 24.0 Å². The summed E-state index contributed by atoms with van der Waals surface area (Å²) in [5.74, 6) is -1.23. The van der Waals surface area contributed by atoms with Crippen LogP contribution >= 0.6 is 0 Å². The highest BCUT2D eigenvalue weighted by molar-refractivity contribution is 5.97. The van der Waals surface area contributed by atoms with Crippen LogP contribution in [0, 0.1) is 10.1 Å². The first kappa shape index (κ1) is 14.4. The summed E-state index contributed by atoms with van der Waals surface area (Å²) in [5, 5.41) is 13.3. The fourth-order valence-electron chi connectivity index (χ4n) is 1.44. The zero-order valence-corrected chi connectivity index (χ0v) is 10.6. The number of rotatable bonds is 4. The smallest absolute Gasteiger partial charge is 0.338 e. The fraction of sp³-hybridized carbons (Fsp3) is 0.273. The van der Waals surface area contributed by atoms with Crippen LogP contribution in [0.1, 0.15) is 17.3 Å². The summed E-state index contributed by atoms with van der Waals surface area (Å²) >= 11 is 0. The number of hydrogen-bond acceptors (Lipinski definition) is 6. The maximum Gasteiger partial charge on any atom is 0.338 e. The van der Waals surface area contributed by atoms with Gasteiger partial charge in [0.05, 0.1) is 24.7 Å². The third-order valence-electron chi connectivity index (χ3n) is 2.22. The molecule has 8 heteroatoms. The molecule has 0 saturated carbocycles. The summed E-state index contributed by atoms with van der Waals surface area (Å²) in [7, 11) is 2.42. The molecule has 0 heterocycles. The number of nitrogens with zero attached hydrogens (tertiary/aromatic N) is 1. The van der Waals surface area contributed by atoms with Crippen molar-refractivity contribution in [2.24, 2.45) is 0 Å². The summed E-state index contributed by atoms with van der Waals surface area (Å²) in [6, 6.07) is 2.27. The van der Waals surface area contributed by atoms with Crippen LogP contribution in [0.4, 0.5) is 11.4 Å². The van der Waals surface area contributed by atoms with Gasteiger partial charge in [0.15, 0.2) is 5.69 Å². The summed E-state index contributed by atoms with van der Waals surface area (Å²) in [6.07, 6.45) is 0. The van der Waals surface area contributed by atoms with E-state index in [1.807, 2.05) is 0 Å². The third kappa shape index (κ3) is 3.18. The van der Waals surface area contributed by atoms with Gasteiger partial charge in [-0.15, -0.1) is 0 Å². The number of carbonyl (C=O) groups is 2. The van der Waals surface area contributed by atoms with Gasteiger partial charge in [-0.05, 0) is 6.07 Å². The highest BCUT2D eigenvalue weighted by Gasteiger charge is 2.24. The van der Waals surface area contributed by atoms with Crippen LogP contribution in [0.25, 0.3) is 0 Å². The maximum absolute atomic E-state index is 11.4. The van der Waals surface area contributed by atoms with Gasteiger partial charge in [0.25, 0.3) is 5.69 Å². The molecular weight excluding hydrogens is 256 g/mol. The second-order valence-electron chi connectivity index (χ2n) is 3.50. The molecule has 1 amide bonds. The topological polar surface area (TPSA) is 108 Å². The molecule has 19 heavy (non-hydrogen) atoms. The van der Waals surface area contributed by atoms with Crippen molar-refractivity contribution >= 4 is 23.3 Å². The van der Waals surface area contributed by atoms with Gasteiger partial charge in [0.2, 0.25) is 5.91 Å². The molecule has 0 atom stereocenters. The lowest BCUT2D eigenvalue weighted by Crippen LogP contribution is -2.11. The Morgan fingerprint density at radius 1 is 1.32 bits per heavy atom. The average Bonchev–Trinajstić information content (AvgIpc) is 2.36. The molecular formula is C11H12N2O6. The molecule has 0 saturated heterocycles. The van der Waals surface area contributed by atoms with E-state index in [9.17, 15) is 19.7 Å². The Kier molecular flexibility index (Phi) is 4.41. The van der Waals surface area contributed by atoms with Gasteiger partial charge in [0.1, 0.15) is 5.75 Å². The van der Waals surface area contributed by atoms with E-state index in [1.54, 1.807) is 0 Å². The van der Waals surface area contributed by atoms with Crippen LogP contribution in [-0.4, -0.2) is 31.0 Å². The Morgan fingerprint density at radius 3 is 2.37 bits per heavy atom. The van der Waals surface area contributed by atoms with Crippen molar-refractivity contribution in [2.45, 2.75) is 6.92 Å². The standard InChI is InChI=1S/C11H12N2O6/c1-6(14)12-10-8(13(16)17)4-7(11(15)19-3)5-9(10)18-2/h4-5H,1-3H3,(H,12,14). The fourth-order valence-corrected chi connectivity index (χ4v) is 1.44. The van der Waals surface area contributed by atoms with E-state index in [1.165, 1.54) is 20.1 Å². The van der Waals surface area contributed by atoms with E-state index in [4.69, 9.17) is 4.74 Å². The summed E-state index contributed by atoms with van der Waals surface area (Å²) in [5.41, 5.74) is -0.595. The van der Waals surface area contributed by atoms with E-state index in [0.29, 0.717) is 0 Å². The second kappa shape index (κ2) is 5.80. The number of methoxy groups -OCH3 is 2. The summed E-state index contributed by atoms with van der Waals surface area (Å²) in [4.78, 5) is 32.7. The minimum absolute atomic E-state index is 0.00444. The summed E-state index contributed by atoms with van der Waals surface area (Å²) in [6.45, 7) is 1.21. The Morgan fingerprint density at radius 2 is 1.95 bits per heavy atom. The largest absolute Gasteiger partial charge is 0.494 e. The molecule has 0 aliphatic carbocycles. The van der Waals surface area contributed by atoms with Crippen LogP contribution in [0.3, 0.4) is 0 Å². The van der Waals surface area contributed by atoms with Crippen LogP contribution in [0.2, 0.25) is 0 Å². The van der Waals surface area contributed by atoms with Gasteiger partial charge in [-0.2, -0.15) is 0 Å². The third-order valence-corrected chi connectivity index (χ3v) is 2.22. The van der Waals surface area contributed by atoms with Crippen molar-refractivity contribution in [1.29, 1.82) is 0 Å². The molecule has 102 valence electrons. The number of nitro benzene ring substituents is 1. The molecule has 8 nitrogen and oxygen atoms in total. The van der Waals surface area contributed by atoms with Gasteiger partial charge < -0.3 is 14.8 Å². The predicted molar refractivity (Wildman–Crippen MR) is 65.3 cm³/mol. The SMILES string of the molecule is COC(=O)c1cc(OC)c(NC(C)=O)c([N+](=O)[O-])c1. The highest BCUT2D eigenvalue weighted by atomic mass is 16.6. The monoisotopic (exact) mass is 268 g/mol. The van der Waals surface area contributed by atoms with Gasteiger partial charge in [-0.25, -0.2) is 4.79 Å². The van der Waals surface area contributed by atoms with E-state index in [2.05, 4.69) is 10.1 Å². The molecule has 0 aromatic heterocycles. The number of ether oxygens (including phenoxy) is 2. The number of hydrogen-bond donors (Lipinski definition) is 1. The predicted octanol–water partition coefficient (Wildman–Crippen LogP) is 1.35. The Labute approximate surface area is 108 Å². The molecule has 0 unspecified atom stereocenters. The quantitative estimate of drug-likeness (QED) is 0.501. The van der Waals surface area contributed by atoms with Gasteiger partial charge in [0, 0.05) is 13.0 Å². The molecule has 1 rings (SSSR count). The zero-order valence-electron chi connectivity index (χ0n) is 10.6. The molecule has 0 aliphatic heterocycles. The number of nitro groups is 1. The van der Waals surface area contributed by atoms with E-state index in [0.717, 1.165) is 13.2 Å². The van der Waals surface area contributed by atoms with E-state index in [-0.39, 0.29) is 17.0 Å². The highest BCUT2D eigenvalue weighted by Crippen LogP contribution is 2.36. The lowest BCUT2D eigenvalue weighted by Gasteiger charge is -2.10. The molecule has 0 radical (unpaired) electrons. The Balaban J connectivity index is 3.48. The van der Waals surface area contributed by atoms with Gasteiger partial charge >= 0.3 is 5.97 Å². The minimum Gasteiger partial charge on any atom is -0.494 e. The number of nitrogens with one attached hydrogen (secondary N) is 1. The van der Waals surface area contributed by atoms with Crippen LogP contribution < -0.4 is 10.1 Å². The van der Waals surface area contributed by atoms with E-state index >= 15 is 0 Å². The van der Waals surface area contributed by atoms with Crippen molar-refractivity contribution in [1.82, 2.24) is 0 Å². The van der Waals surface area contributed by atoms with Gasteiger partial charge in [-0.3, -0.25) is 14.9 Å². The molecule has 1 N–H and O–H groups in total. The van der Waals surface area contributed by atoms with Crippen LogP contribution in [0.15, 0.2) is 12.1 Å². The van der Waals surface area contributed by atoms with E-state index < -0.39 is 22.5 Å². The zero-order chi connectivity index (χ0) is 14.6. The van der Waals surface area contributed by atoms with Crippen molar-refractivity contribution in [3.05, 3.63) is 27.8 Å². The van der Waals surface area contributed by atoms with Crippen molar-refractivity contribution in [3.63, 3.8) is 0 Å². The van der Waals surface area contributed by atoms with Crippen molar-refractivity contribution in [2.75, 3.05) is 19.5 Å². The normalized spacial score (nSPS) is 9.63. The number of esters is 1. The molecule has 0 fully saturated rings. The van der Waals surface area contributed by atoms with Crippen LogP contribution in [0.5, 0.6) is 5.75 Å². The first-order valence-electron chi connectivity index (χ1n) is 5.13. The van der Waals surface area contributed by atoms with Crippen LogP contribution in [-0.2, 0) is 9.53 Å². The Hall–Kier alpha value is -2.64.